The number of esters is 2. The maximum Gasteiger partial charge on any atom is 0.310 e. The first-order chi connectivity index (χ1) is 8.96. The molecule has 20 heavy (non-hydrogen) atoms. The van der Waals surface area contributed by atoms with Gasteiger partial charge < -0.3 is 9.47 Å². The van der Waals surface area contributed by atoms with Gasteiger partial charge in [-0.3, -0.25) is 9.59 Å². The smallest absolute Gasteiger partial charge is 0.310 e. The van der Waals surface area contributed by atoms with E-state index in [0.29, 0.717) is 13.2 Å². The van der Waals surface area contributed by atoms with Crippen LogP contribution in [0.15, 0.2) is 0 Å². The fourth-order valence-corrected chi connectivity index (χ4v) is 2.44. The minimum absolute atomic E-state index is 0.311. The molecule has 0 aliphatic carbocycles. The molecule has 4 nitrogen and oxygen atoms in total. The molecule has 0 aromatic carbocycles. The number of hydrogen-bond acceptors (Lipinski definition) is 4. The third-order valence-electron chi connectivity index (χ3n) is 3.28. The lowest BCUT2D eigenvalue weighted by Crippen LogP contribution is -2.46. The molecule has 0 aromatic rings. The summed E-state index contributed by atoms with van der Waals surface area (Å²) in [6, 6.07) is 0. The molecule has 0 radical (unpaired) electrons. The van der Waals surface area contributed by atoms with Gasteiger partial charge in [0.2, 0.25) is 0 Å². The lowest BCUT2D eigenvalue weighted by Gasteiger charge is -2.40. The van der Waals surface area contributed by atoms with Crippen molar-refractivity contribution in [3.05, 3.63) is 0 Å². The fraction of sp³-hybridized carbons (Fsp3) is 0.875. The van der Waals surface area contributed by atoms with E-state index in [1.165, 1.54) is 0 Å². The number of rotatable bonds is 5. The average Bonchev–Trinajstić information content (AvgIpc) is 2.22. The summed E-state index contributed by atoms with van der Waals surface area (Å²) in [6.45, 7) is 15.9. The lowest BCUT2D eigenvalue weighted by atomic mass is 9.64. The number of hydrogen-bond donors (Lipinski definition) is 0. The van der Waals surface area contributed by atoms with E-state index in [2.05, 4.69) is 0 Å². The largest absolute Gasteiger partial charge is 0.466 e. The second kappa shape index (κ2) is 7.09. The van der Waals surface area contributed by atoms with Crippen molar-refractivity contribution in [3.8, 4) is 0 Å². The van der Waals surface area contributed by atoms with Crippen molar-refractivity contribution in [3.63, 3.8) is 0 Å². The van der Waals surface area contributed by atoms with Gasteiger partial charge in [0.15, 0.2) is 0 Å². The molecular formula is C16H30O4. The van der Waals surface area contributed by atoms with Crippen LogP contribution in [0.3, 0.4) is 0 Å². The van der Waals surface area contributed by atoms with Gasteiger partial charge in [0.25, 0.3) is 0 Å². The molecule has 0 aliphatic heterocycles. The van der Waals surface area contributed by atoms with Crippen molar-refractivity contribution in [1.82, 2.24) is 0 Å². The predicted octanol–water partition coefficient (Wildman–Crippen LogP) is 3.44. The molecule has 0 rings (SSSR count). The number of carbonyl (C=O) groups is 2. The highest BCUT2D eigenvalue weighted by Crippen LogP contribution is 2.42. The zero-order valence-electron chi connectivity index (χ0n) is 14.2. The van der Waals surface area contributed by atoms with Gasteiger partial charge >= 0.3 is 11.9 Å². The zero-order chi connectivity index (χ0) is 16.1. The molecule has 2 atom stereocenters. The maximum absolute atomic E-state index is 12.4. The second-order valence-electron chi connectivity index (χ2n) is 7.19. The van der Waals surface area contributed by atoms with Crippen LogP contribution in [0.2, 0.25) is 0 Å². The highest BCUT2D eigenvalue weighted by atomic mass is 16.5. The summed E-state index contributed by atoms with van der Waals surface area (Å²) in [5, 5.41) is 0. The van der Waals surface area contributed by atoms with E-state index in [0.717, 1.165) is 0 Å². The van der Waals surface area contributed by atoms with E-state index in [4.69, 9.17) is 9.47 Å². The van der Waals surface area contributed by atoms with Crippen molar-refractivity contribution in [2.45, 2.75) is 55.4 Å². The zero-order valence-corrected chi connectivity index (χ0v) is 14.2. The number of ether oxygens (including phenoxy) is 2. The van der Waals surface area contributed by atoms with Crippen LogP contribution in [0.5, 0.6) is 0 Å². The van der Waals surface area contributed by atoms with E-state index in [-0.39, 0.29) is 22.8 Å². The Balaban J connectivity index is 5.65. The summed E-state index contributed by atoms with van der Waals surface area (Å²) in [4.78, 5) is 24.7. The van der Waals surface area contributed by atoms with Crippen molar-refractivity contribution in [2.75, 3.05) is 13.2 Å². The molecule has 2 unspecified atom stereocenters. The van der Waals surface area contributed by atoms with Gasteiger partial charge in [-0.2, -0.15) is 0 Å². The maximum atomic E-state index is 12.4. The molecule has 118 valence electrons. The molecule has 0 heterocycles. The van der Waals surface area contributed by atoms with Gasteiger partial charge in [-0.05, 0) is 24.7 Å². The standard InChI is InChI=1S/C16H30O4/c1-9-19-13(17)11(15(3,4)5)12(16(6,7)8)14(18)20-10-2/h11-12H,9-10H2,1-8H3. The Kier molecular flexibility index (Phi) is 6.72. The van der Waals surface area contributed by atoms with Crippen LogP contribution in [0.4, 0.5) is 0 Å². The van der Waals surface area contributed by atoms with Gasteiger partial charge in [0.1, 0.15) is 0 Å². The van der Waals surface area contributed by atoms with E-state index < -0.39 is 11.8 Å². The van der Waals surface area contributed by atoms with Gasteiger partial charge in [-0.1, -0.05) is 41.5 Å². The molecule has 4 heteroatoms. The van der Waals surface area contributed by atoms with Crippen LogP contribution < -0.4 is 0 Å². The van der Waals surface area contributed by atoms with Crippen molar-refractivity contribution < 1.29 is 19.1 Å². The van der Waals surface area contributed by atoms with Crippen LogP contribution in [-0.2, 0) is 19.1 Å². The summed E-state index contributed by atoms with van der Waals surface area (Å²) < 4.78 is 10.4. The molecule has 0 aromatic heterocycles. The molecule has 0 fully saturated rings. The highest BCUT2D eigenvalue weighted by Gasteiger charge is 2.48. The Labute approximate surface area is 123 Å². The van der Waals surface area contributed by atoms with Crippen molar-refractivity contribution >= 4 is 11.9 Å². The lowest BCUT2D eigenvalue weighted by molar-refractivity contribution is -0.170. The average molecular weight is 286 g/mol. The minimum atomic E-state index is -0.526. The predicted molar refractivity (Wildman–Crippen MR) is 79.2 cm³/mol. The molecule has 0 N–H and O–H groups in total. The van der Waals surface area contributed by atoms with Gasteiger partial charge in [0, 0.05) is 0 Å². The Morgan fingerprint density at radius 1 is 0.750 bits per heavy atom. The third-order valence-corrected chi connectivity index (χ3v) is 3.28. The third kappa shape index (κ3) is 5.14. The normalized spacial score (nSPS) is 15.4. The Hall–Kier alpha value is -1.06. The van der Waals surface area contributed by atoms with Gasteiger partial charge in [0.05, 0.1) is 25.0 Å². The SMILES string of the molecule is CCOC(=O)C(C(C(=O)OCC)C(C)(C)C)C(C)(C)C. The van der Waals surface area contributed by atoms with Crippen LogP contribution in [0.1, 0.15) is 55.4 Å². The molecule has 0 saturated heterocycles. The number of carbonyl (C=O) groups excluding carboxylic acids is 2. The first-order valence-corrected chi connectivity index (χ1v) is 7.30. The minimum Gasteiger partial charge on any atom is -0.466 e. The quantitative estimate of drug-likeness (QED) is 0.726. The molecule has 0 amide bonds. The molecule has 0 aliphatic rings. The molecule has 0 bridgehead atoms. The summed E-state index contributed by atoms with van der Waals surface area (Å²) in [7, 11) is 0. The summed E-state index contributed by atoms with van der Waals surface area (Å²) in [5.41, 5.74) is -0.756. The van der Waals surface area contributed by atoms with E-state index in [1.807, 2.05) is 41.5 Å². The Bertz CT molecular complexity index is 299. The van der Waals surface area contributed by atoms with E-state index >= 15 is 0 Å². The molecule has 0 saturated carbocycles. The van der Waals surface area contributed by atoms with E-state index in [1.54, 1.807) is 13.8 Å². The molecular weight excluding hydrogens is 256 g/mol. The van der Waals surface area contributed by atoms with Crippen LogP contribution >= 0.6 is 0 Å². The first kappa shape index (κ1) is 18.9. The summed E-state index contributed by atoms with van der Waals surface area (Å²) >= 11 is 0. The van der Waals surface area contributed by atoms with Crippen molar-refractivity contribution in [1.29, 1.82) is 0 Å². The van der Waals surface area contributed by atoms with Crippen LogP contribution in [-0.4, -0.2) is 25.2 Å². The molecule has 0 spiro atoms. The van der Waals surface area contributed by atoms with Crippen molar-refractivity contribution in [2.24, 2.45) is 22.7 Å². The highest BCUT2D eigenvalue weighted by molar-refractivity contribution is 5.83. The van der Waals surface area contributed by atoms with Crippen LogP contribution in [0, 0.1) is 22.7 Å². The summed E-state index contributed by atoms with van der Waals surface area (Å²) in [5.74, 6) is -1.70. The summed E-state index contributed by atoms with van der Waals surface area (Å²) in [6.07, 6.45) is 0. The van der Waals surface area contributed by atoms with Gasteiger partial charge in [-0.15, -0.1) is 0 Å². The Morgan fingerprint density at radius 2 is 1.00 bits per heavy atom. The fourth-order valence-electron chi connectivity index (χ4n) is 2.44. The van der Waals surface area contributed by atoms with Crippen LogP contribution in [0.25, 0.3) is 0 Å². The monoisotopic (exact) mass is 286 g/mol. The second-order valence-corrected chi connectivity index (χ2v) is 7.19. The first-order valence-electron chi connectivity index (χ1n) is 7.30. The van der Waals surface area contributed by atoms with Gasteiger partial charge in [-0.25, -0.2) is 0 Å². The van der Waals surface area contributed by atoms with E-state index in [9.17, 15) is 9.59 Å². The Morgan fingerprint density at radius 3 is 1.15 bits per heavy atom. The topological polar surface area (TPSA) is 52.6 Å².